The molecule has 3 nitrogen and oxygen atoms in total. The van der Waals surface area contributed by atoms with Crippen LogP contribution in [0.2, 0.25) is 5.28 Å². The van der Waals surface area contributed by atoms with E-state index in [-0.39, 0.29) is 27.3 Å². The Labute approximate surface area is 119 Å². The fraction of sp³-hybridized carbons (Fsp3) is 0.400. The number of furan rings is 1. The first-order valence-electron chi connectivity index (χ1n) is 4.98. The van der Waals surface area contributed by atoms with Crippen molar-refractivity contribution in [3.8, 4) is 0 Å². The van der Waals surface area contributed by atoms with E-state index in [9.17, 15) is 8.78 Å². The molecular weight excluding hydrogens is 350 g/mol. The summed E-state index contributed by atoms with van der Waals surface area (Å²) in [5.74, 6) is -3.49. The average Bonchev–Trinajstić information content (AvgIpc) is 2.67. The van der Waals surface area contributed by atoms with E-state index in [0.29, 0.717) is 5.03 Å². The van der Waals surface area contributed by atoms with Crippen molar-refractivity contribution < 1.29 is 13.2 Å². The maximum Gasteiger partial charge on any atom is 0.305 e. The summed E-state index contributed by atoms with van der Waals surface area (Å²) in [7, 11) is 0. The number of hydrogen-bond donors (Lipinski definition) is 0. The summed E-state index contributed by atoms with van der Waals surface area (Å²) in [5, 5.41) is 0.434. The maximum atomic E-state index is 13.7. The normalized spacial score (nSPS) is 12.3. The number of thioether (sulfide) groups is 1. The molecule has 0 aliphatic heterocycles. The lowest BCUT2D eigenvalue weighted by Gasteiger charge is -2.10. The van der Waals surface area contributed by atoms with Crippen molar-refractivity contribution in [2.45, 2.75) is 24.3 Å². The number of fused-ring (bicyclic) bond motifs is 1. The van der Waals surface area contributed by atoms with Gasteiger partial charge in [-0.1, -0.05) is 6.92 Å². The topological polar surface area (TPSA) is 38.9 Å². The van der Waals surface area contributed by atoms with Crippen LogP contribution in [0.3, 0.4) is 0 Å². The molecule has 2 rings (SSSR count). The molecule has 0 unspecified atom stereocenters. The van der Waals surface area contributed by atoms with Crippen LogP contribution in [0.4, 0.5) is 8.78 Å². The zero-order valence-corrected chi connectivity index (χ0v) is 12.6. The van der Waals surface area contributed by atoms with Crippen LogP contribution in [-0.2, 0) is 5.92 Å². The first-order valence-corrected chi connectivity index (χ1v) is 7.38. The van der Waals surface area contributed by atoms with Gasteiger partial charge in [0.2, 0.25) is 5.28 Å². The first-order chi connectivity index (χ1) is 8.40. The monoisotopic (exact) mass is 356 g/mol. The summed E-state index contributed by atoms with van der Waals surface area (Å²) in [4.78, 5) is 7.86. The molecule has 0 amide bonds. The highest BCUT2D eigenvalue weighted by molar-refractivity contribution is 9.10. The molecule has 8 heteroatoms. The second-order valence-electron chi connectivity index (χ2n) is 3.48. The van der Waals surface area contributed by atoms with Gasteiger partial charge in [-0.25, -0.2) is 9.97 Å². The molecule has 2 aromatic rings. The number of halogens is 4. The van der Waals surface area contributed by atoms with E-state index in [0.717, 1.165) is 0 Å². The van der Waals surface area contributed by atoms with Gasteiger partial charge < -0.3 is 4.42 Å². The lowest BCUT2D eigenvalue weighted by molar-refractivity contribution is -0.0291. The van der Waals surface area contributed by atoms with Crippen LogP contribution in [0.25, 0.3) is 11.1 Å². The summed E-state index contributed by atoms with van der Waals surface area (Å²) in [6.45, 7) is 1.38. The number of nitrogens with zero attached hydrogens (tertiary/aromatic N) is 2. The smallest absolute Gasteiger partial charge is 0.305 e. The van der Waals surface area contributed by atoms with Gasteiger partial charge in [0, 0.05) is 6.42 Å². The van der Waals surface area contributed by atoms with Gasteiger partial charge in [0.25, 0.3) is 0 Å². The predicted octanol–water partition coefficient (Wildman–Crippen LogP) is 4.86. The summed E-state index contributed by atoms with van der Waals surface area (Å²) < 4.78 is 32.8. The Morgan fingerprint density at radius 2 is 2.11 bits per heavy atom. The Hall–Kier alpha value is -0.400. The highest BCUT2D eigenvalue weighted by atomic mass is 79.9. The van der Waals surface area contributed by atoms with Crippen molar-refractivity contribution in [2.24, 2.45) is 0 Å². The second-order valence-corrected chi connectivity index (χ2v) is 5.41. The molecular formula is C10H8BrClF2N2OS. The van der Waals surface area contributed by atoms with E-state index in [1.807, 2.05) is 0 Å². The highest BCUT2D eigenvalue weighted by Crippen LogP contribution is 2.43. The van der Waals surface area contributed by atoms with Gasteiger partial charge in [-0.3, -0.25) is 0 Å². The minimum Gasteiger partial charge on any atom is -0.449 e. The molecule has 18 heavy (non-hydrogen) atoms. The van der Waals surface area contributed by atoms with Crippen LogP contribution in [0, 0.1) is 0 Å². The van der Waals surface area contributed by atoms with E-state index < -0.39 is 11.7 Å². The quantitative estimate of drug-likeness (QED) is 0.446. The van der Waals surface area contributed by atoms with Gasteiger partial charge >= 0.3 is 5.92 Å². The molecule has 0 saturated heterocycles. The number of aromatic nitrogens is 2. The van der Waals surface area contributed by atoms with Crippen molar-refractivity contribution in [1.29, 1.82) is 0 Å². The van der Waals surface area contributed by atoms with Crippen molar-refractivity contribution in [3.05, 3.63) is 15.5 Å². The zero-order chi connectivity index (χ0) is 13.5. The van der Waals surface area contributed by atoms with E-state index in [1.165, 1.54) is 18.7 Å². The molecule has 0 bridgehead atoms. The minimum atomic E-state index is -3.05. The van der Waals surface area contributed by atoms with Gasteiger partial charge in [-0.15, -0.1) is 11.8 Å². The summed E-state index contributed by atoms with van der Waals surface area (Å²) in [6, 6.07) is 0. The largest absolute Gasteiger partial charge is 0.449 e. The van der Waals surface area contributed by atoms with E-state index in [4.69, 9.17) is 16.0 Å². The van der Waals surface area contributed by atoms with Gasteiger partial charge in [0.05, 0.1) is 4.47 Å². The molecule has 0 aliphatic carbocycles. The Morgan fingerprint density at radius 1 is 1.44 bits per heavy atom. The molecule has 0 saturated carbocycles. The minimum absolute atomic E-state index is 0.000264. The number of hydrogen-bond acceptors (Lipinski definition) is 4. The molecule has 0 N–H and O–H groups in total. The van der Waals surface area contributed by atoms with E-state index in [1.54, 1.807) is 6.26 Å². The van der Waals surface area contributed by atoms with Crippen LogP contribution >= 0.6 is 39.3 Å². The molecule has 2 heterocycles. The molecule has 98 valence electrons. The molecule has 0 spiro atoms. The third-order valence-electron chi connectivity index (χ3n) is 2.39. The zero-order valence-electron chi connectivity index (χ0n) is 9.43. The Morgan fingerprint density at radius 3 is 2.67 bits per heavy atom. The number of alkyl halides is 2. The number of rotatable bonds is 3. The van der Waals surface area contributed by atoms with Gasteiger partial charge in [-0.2, -0.15) is 8.78 Å². The summed E-state index contributed by atoms with van der Waals surface area (Å²) in [5.41, 5.74) is 0.490. The Bertz CT molecular complexity index is 605. The lowest BCUT2D eigenvalue weighted by atomic mass is 10.2. The average molecular weight is 358 g/mol. The standard InChI is InChI=1S/C10H8BrClF2N2OS/c1-3-10(13,14)7-4(11)5-6(17-7)8(18-2)16-9(12)15-5/h3H2,1-2H3. The van der Waals surface area contributed by atoms with Crippen molar-refractivity contribution in [1.82, 2.24) is 9.97 Å². The second kappa shape index (κ2) is 4.94. The Balaban J connectivity index is 2.77. The molecule has 0 aromatic carbocycles. The maximum absolute atomic E-state index is 13.7. The lowest BCUT2D eigenvalue weighted by Crippen LogP contribution is -2.10. The third kappa shape index (κ3) is 2.23. The van der Waals surface area contributed by atoms with E-state index >= 15 is 0 Å². The van der Waals surface area contributed by atoms with Crippen LogP contribution in [-0.4, -0.2) is 16.2 Å². The SMILES string of the molecule is CCC(F)(F)c1oc2c(SC)nc(Cl)nc2c1Br. The van der Waals surface area contributed by atoms with Crippen molar-refractivity contribution in [2.75, 3.05) is 6.26 Å². The summed E-state index contributed by atoms with van der Waals surface area (Å²) in [6.07, 6.45) is 1.40. The van der Waals surface area contributed by atoms with Gasteiger partial charge in [0.1, 0.15) is 10.5 Å². The summed E-state index contributed by atoms with van der Waals surface area (Å²) >= 11 is 10.1. The third-order valence-corrected chi connectivity index (χ3v) is 3.96. The van der Waals surface area contributed by atoms with Gasteiger partial charge in [0.15, 0.2) is 11.3 Å². The molecule has 0 aliphatic rings. The van der Waals surface area contributed by atoms with Crippen molar-refractivity contribution in [3.63, 3.8) is 0 Å². The van der Waals surface area contributed by atoms with Crippen LogP contribution in [0.15, 0.2) is 13.9 Å². The van der Waals surface area contributed by atoms with Crippen LogP contribution in [0.1, 0.15) is 19.1 Å². The molecule has 0 fully saturated rings. The fourth-order valence-electron chi connectivity index (χ4n) is 1.43. The predicted molar refractivity (Wildman–Crippen MR) is 70.5 cm³/mol. The molecule has 0 atom stereocenters. The van der Waals surface area contributed by atoms with Crippen LogP contribution < -0.4 is 0 Å². The Kier molecular flexibility index (Phi) is 3.85. The van der Waals surface area contributed by atoms with Crippen molar-refractivity contribution >= 4 is 50.4 Å². The first kappa shape index (κ1) is 14.0. The fourth-order valence-corrected chi connectivity index (χ4v) is 2.79. The highest BCUT2D eigenvalue weighted by Gasteiger charge is 2.37. The van der Waals surface area contributed by atoms with Gasteiger partial charge in [-0.05, 0) is 33.8 Å². The van der Waals surface area contributed by atoms with E-state index in [2.05, 4.69) is 25.9 Å². The molecule has 2 aromatic heterocycles. The molecule has 0 radical (unpaired) electrons. The van der Waals surface area contributed by atoms with Crippen LogP contribution in [0.5, 0.6) is 0 Å².